The summed E-state index contributed by atoms with van der Waals surface area (Å²) in [5.41, 5.74) is 1.07. The zero-order valence-electron chi connectivity index (χ0n) is 8.53. The largest absolute Gasteiger partial charge is 0.321 e. The van der Waals surface area contributed by atoms with E-state index in [-0.39, 0.29) is 5.91 Å². The molecule has 0 bridgehead atoms. The van der Waals surface area contributed by atoms with E-state index in [2.05, 4.69) is 22.1 Å². The van der Waals surface area contributed by atoms with Crippen molar-refractivity contribution in [1.82, 2.24) is 15.5 Å². The van der Waals surface area contributed by atoms with Crippen LogP contribution in [0.4, 0.5) is 0 Å². The monoisotopic (exact) mass is 203 g/mol. The van der Waals surface area contributed by atoms with Crippen LogP contribution in [0.15, 0.2) is 48.8 Å². The van der Waals surface area contributed by atoms with Gasteiger partial charge in [0.1, 0.15) is 5.69 Å². The van der Waals surface area contributed by atoms with Gasteiger partial charge in [0.15, 0.2) is 0 Å². The molecule has 0 saturated heterocycles. The topological polar surface area (TPSA) is 57.8 Å². The lowest BCUT2D eigenvalue weighted by Crippen LogP contribution is -2.22. The van der Waals surface area contributed by atoms with E-state index in [0.29, 0.717) is 11.4 Å². The van der Waals surface area contributed by atoms with E-state index in [1.165, 1.54) is 6.20 Å². The molecule has 1 aromatic heterocycles. The number of hydrogen-bond acceptors (Lipinski definition) is 2. The molecule has 0 aliphatic heterocycles. The Morgan fingerprint density at radius 1 is 1.67 bits per heavy atom. The summed E-state index contributed by atoms with van der Waals surface area (Å²) >= 11 is 0. The van der Waals surface area contributed by atoms with Gasteiger partial charge in [-0.3, -0.25) is 9.89 Å². The molecule has 1 rings (SSSR count). The minimum Gasteiger partial charge on any atom is -0.321 e. The Labute approximate surface area is 88.4 Å². The molecule has 0 aliphatic carbocycles. The van der Waals surface area contributed by atoms with Crippen molar-refractivity contribution >= 4 is 5.91 Å². The molecule has 0 atom stereocenters. The van der Waals surface area contributed by atoms with Gasteiger partial charge >= 0.3 is 0 Å². The molecule has 78 valence electrons. The molecule has 4 heteroatoms. The summed E-state index contributed by atoms with van der Waals surface area (Å²) in [6.07, 6.45) is 8.56. The van der Waals surface area contributed by atoms with E-state index in [1.54, 1.807) is 18.2 Å². The molecule has 1 heterocycles. The molecule has 0 radical (unpaired) electrons. The first kappa shape index (κ1) is 11.0. The van der Waals surface area contributed by atoms with Crippen molar-refractivity contribution < 1.29 is 4.79 Å². The SMILES string of the molecule is C=C/C(=C\C=C/C)NC(=O)c1ccn[nH]1. The highest BCUT2D eigenvalue weighted by Gasteiger charge is 2.05. The zero-order valence-corrected chi connectivity index (χ0v) is 8.53. The van der Waals surface area contributed by atoms with Crippen molar-refractivity contribution in [3.05, 3.63) is 54.5 Å². The van der Waals surface area contributed by atoms with Crippen LogP contribution in [-0.4, -0.2) is 16.1 Å². The van der Waals surface area contributed by atoms with Crippen LogP contribution in [0.3, 0.4) is 0 Å². The van der Waals surface area contributed by atoms with Gasteiger partial charge in [-0.15, -0.1) is 0 Å². The second-order valence-corrected chi connectivity index (χ2v) is 2.78. The number of amides is 1. The Morgan fingerprint density at radius 3 is 3.00 bits per heavy atom. The van der Waals surface area contributed by atoms with Gasteiger partial charge in [-0.2, -0.15) is 5.10 Å². The Morgan fingerprint density at radius 2 is 2.47 bits per heavy atom. The first-order valence-corrected chi connectivity index (χ1v) is 4.54. The van der Waals surface area contributed by atoms with Gasteiger partial charge in [0.2, 0.25) is 0 Å². The van der Waals surface area contributed by atoms with Crippen LogP contribution in [0, 0.1) is 0 Å². The second-order valence-electron chi connectivity index (χ2n) is 2.78. The Kier molecular flexibility index (Phi) is 4.09. The summed E-state index contributed by atoms with van der Waals surface area (Å²) in [5.74, 6) is -0.233. The van der Waals surface area contributed by atoms with Crippen molar-refractivity contribution in [1.29, 1.82) is 0 Å². The Hall–Kier alpha value is -2.10. The average Bonchev–Trinajstić information content (AvgIpc) is 2.77. The third kappa shape index (κ3) is 3.27. The maximum absolute atomic E-state index is 11.5. The van der Waals surface area contributed by atoms with E-state index in [0.717, 1.165) is 0 Å². The molecule has 4 nitrogen and oxygen atoms in total. The molecule has 1 amide bonds. The van der Waals surface area contributed by atoms with E-state index in [1.807, 2.05) is 19.1 Å². The van der Waals surface area contributed by atoms with Crippen LogP contribution >= 0.6 is 0 Å². The smallest absolute Gasteiger partial charge is 0.273 e. The number of carbonyl (C=O) groups excluding carboxylic acids is 1. The average molecular weight is 203 g/mol. The minimum atomic E-state index is -0.233. The fourth-order valence-corrected chi connectivity index (χ4v) is 0.941. The van der Waals surface area contributed by atoms with Gasteiger partial charge in [-0.25, -0.2) is 0 Å². The second kappa shape index (κ2) is 5.59. The highest BCUT2D eigenvalue weighted by Crippen LogP contribution is 1.96. The minimum absolute atomic E-state index is 0.233. The van der Waals surface area contributed by atoms with Crippen LogP contribution in [0.25, 0.3) is 0 Å². The Balaban J connectivity index is 2.68. The first-order chi connectivity index (χ1) is 7.27. The molecule has 0 aromatic carbocycles. The lowest BCUT2D eigenvalue weighted by Gasteiger charge is -2.02. The number of carbonyl (C=O) groups is 1. The van der Waals surface area contributed by atoms with Crippen LogP contribution < -0.4 is 5.32 Å². The van der Waals surface area contributed by atoms with Crippen LogP contribution in [0.5, 0.6) is 0 Å². The summed E-state index contributed by atoms with van der Waals surface area (Å²) in [6, 6.07) is 1.60. The fourth-order valence-electron chi connectivity index (χ4n) is 0.941. The van der Waals surface area contributed by atoms with Crippen molar-refractivity contribution in [2.75, 3.05) is 0 Å². The van der Waals surface area contributed by atoms with E-state index in [4.69, 9.17) is 0 Å². The highest BCUT2D eigenvalue weighted by atomic mass is 16.1. The molecule has 2 N–H and O–H groups in total. The number of nitrogens with zero attached hydrogens (tertiary/aromatic N) is 1. The molecule has 0 saturated carbocycles. The fraction of sp³-hybridized carbons (Fsp3) is 0.0909. The van der Waals surface area contributed by atoms with Crippen LogP contribution in [-0.2, 0) is 0 Å². The molecule has 0 aliphatic rings. The summed E-state index contributed by atoms with van der Waals surface area (Å²) in [5, 5.41) is 8.96. The molecule has 0 fully saturated rings. The van der Waals surface area contributed by atoms with Crippen molar-refractivity contribution in [3.63, 3.8) is 0 Å². The predicted molar refractivity (Wildman–Crippen MR) is 59.1 cm³/mol. The highest BCUT2D eigenvalue weighted by molar-refractivity contribution is 5.93. The number of nitrogens with one attached hydrogen (secondary N) is 2. The van der Waals surface area contributed by atoms with Gasteiger partial charge in [0.05, 0.1) is 0 Å². The molecule has 0 unspecified atom stereocenters. The van der Waals surface area contributed by atoms with Gasteiger partial charge in [-0.05, 0) is 25.1 Å². The van der Waals surface area contributed by atoms with Crippen LogP contribution in [0.1, 0.15) is 17.4 Å². The summed E-state index contributed by atoms with van der Waals surface area (Å²) in [7, 11) is 0. The summed E-state index contributed by atoms with van der Waals surface area (Å²) < 4.78 is 0. The summed E-state index contributed by atoms with van der Waals surface area (Å²) in [4.78, 5) is 11.5. The lowest BCUT2D eigenvalue weighted by molar-refractivity contribution is 0.0962. The first-order valence-electron chi connectivity index (χ1n) is 4.54. The number of aromatic amines is 1. The van der Waals surface area contributed by atoms with E-state index >= 15 is 0 Å². The number of allylic oxidation sites excluding steroid dienone is 4. The maximum Gasteiger partial charge on any atom is 0.273 e. The van der Waals surface area contributed by atoms with Crippen molar-refractivity contribution in [3.8, 4) is 0 Å². The van der Waals surface area contributed by atoms with Crippen molar-refractivity contribution in [2.45, 2.75) is 6.92 Å². The number of H-pyrrole nitrogens is 1. The molecule has 15 heavy (non-hydrogen) atoms. The van der Waals surface area contributed by atoms with E-state index < -0.39 is 0 Å². The predicted octanol–water partition coefficient (Wildman–Crippen LogP) is 1.79. The molecule has 1 aromatic rings. The third-order valence-corrected chi connectivity index (χ3v) is 1.69. The standard InChI is InChI=1S/C11H13N3O/c1-3-5-6-9(4-2)13-11(15)10-7-8-12-14-10/h3-8H,2H2,1H3,(H,12,14)(H,13,15)/b5-3-,9-6+. The summed E-state index contributed by atoms with van der Waals surface area (Å²) in [6.45, 7) is 5.50. The zero-order chi connectivity index (χ0) is 11.1. The van der Waals surface area contributed by atoms with Crippen LogP contribution in [0.2, 0.25) is 0 Å². The van der Waals surface area contributed by atoms with Gasteiger partial charge in [0, 0.05) is 11.9 Å². The number of rotatable bonds is 4. The van der Waals surface area contributed by atoms with E-state index in [9.17, 15) is 4.79 Å². The number of aromatic nitrogens is 2. The maximum atomic E-state index is 11.5. The van der Waals surface area contributed by atoms with Crippen molar-refractivity contribution in [2.24, 2.45) is 0 Å². The lowest BCUT2D eigenvalue weighted by atomic mass is 10.3. The molecule has 0 spiro atoms. The molecular formula is C11H13N3O. The van der Waals surface area contributed by atoms with Gasteiger partial charge in [0.25, 0.3) is 5.91 Å². The Bertz CT molecular complexity index is 388. The molecular weight excluding hydrogens is 190 g/mol. The number of hydrogen-bond donors (Lipinski definition) is 2. The van der Waals surface area contributed by atoms with Gasteiger partial charge in [-0.1, -0.05) is 18.7 Å². The normalized spacial score (nSPS) is 11.7. The quantitative estimate of drug-likeness (QED) is 0.733. The van der Waals surface area contributed by atoms with Gasteiger partial charge < -0.3 is 5.32 Å². The third-order valence-electron chi connectivity index (χ3n) is 1.69.